The summed E-state index contributed by atoms with van der Waals surface area (Å²) in [6.45, 7) is 2.06. The number of nitrogens with zero attached hydrogens (tertiary/aromatic N) is 4. The first kappa shape index (κ1) is 18.3. The van der Waals surface area contributed by atoms with E-state index < -0.39 is 0 Å². The number of rotatable bonds is 4. The highest BCUT2D eigenvalue weighted by Gasteiger charge is 2.44. The fraction of sp³-hybridized carbons (Fsp3) is 0.348. The van der Waals surface area contributed by atoms with Crippen molar-refractivity contribution in [3.63, 3.8) is 0 Å². The van der Waals surface area contributed by atoms with E-state index in [1.54, 1.807) is 0 Å². The Kier molecular flexibility index (Phi) is 4.79. The zero-order chi connectivity index (χ0) is 19.8. The second kappa shape index (κ2) is 7.59. The molecule has 148 valence electrons. The zero-order valence-corrected chi connectivity index (χ0v) is 17.3. The van der Waals surface area contributed by atoms with Gasteiger partial charge in [0.2, 0.25) is 0 Å². The Morgan fingerprint density at radius 1 is 1.03 bits per heavy atom. The molecule has 6 heteroatoms. The van der Waals surface area contributed by atoms with E-state index in [1.807, 2.05) is 24.5 Å². The van der Waals surface area contributed by atoms with Gasteiger partial charge < -0.3 is 14.8 Å². The highest BCUT2D eigenvalue weighted by atomic mass is 32.1. The number of hydrogen-bond acceptors (Lipinski definition) is 3. The van der Waals surface area contributed by atoms with Gasteiger partial charge in [-0.3, -0.25) is 4.98 Å². The van der Waals surface area contributed by atoms with Gasteiger partial charge in [0, 0.05) is 30.3 Å². The van der Waals surface area contributed by atoms with Gasteiger partial charge in [0.25, 0.3) is 0 Å². The molecule has 1 N–H and O–H groups in total. The average molecular weight is 404 g/mol. The Morgan fingerprint density at radius 3 is 2.62 bits per heavy atom. The third kappa shape index (κ3) is 3.31. The number of hydrogen-bond donors (Lipinski definition) is 1. The molecule has 0 radical (unpaired) electrons. The molecular formula is C23H25N5S. The molecule has 29 heavy (non-hydrogen) atoms. The largest absolute Gasteiger partial charge is 0.352 e. The predicted molar refractivity (Wildman–Crippen MR) is 118 cm³/mol. The molecule has 3 aromatic heterocycles. The van der Waals surface area contributed by atoms with Crippen LogP contribution < -0.4 is 5.32 Å². The minimum Gasteiger partial charge on any atom is -0.352 e. The lowest BCUT2D eigenvalue weighted by Crippen LogP contribution is -2.38. The summed E-state index contributed by atoms with van der Waals surface area (Å²) in [7, 11) is 0. The molecule has 2 aliphatic rings. The summed E-state index contributed by atoms with van der Waals surface area (Å²) in [6, 6.07) is 15.1. The van der Waals surface area contributed by atoms with E-state index in [2.05, 4.69) is 68.2 Å². The maximum atomic E-state index is 5.84. The van der Waals surface area contributed by atoms with Crippen molar-refractivity contribution in [2.45, 2.75) is 50.7 Å². The molecule has 0 spiro atoms. The first-order chi connectivity index (χ1) is 14.2. The van der Waals surface area contributed by atoms with Gasteiger partial charge in [-0.1, -0.05) is 25.0 Å². The summed E-state index contributed by atoms with van der Waals surface area (Å²) in [5, 5.41) is 4.42. The normalized spacial score (nSPS) is 22.2. The topological polar surface area (TPSA) is 46.0 Å². The Bertz CT molecular complexity index is 992. The SMILES string of the molecule is Cc1ccc(-n2cccc2[C@@H]2[C@H](c3ccccn3)NC(=S)N2C2CCCC2)nc1. The van der Waals surface area contributed by atoms with Crippen LogP contribution in [-0.2, 0) is 0 Å². The van der Waals surface area contributed by atoms with Crippen molar-refractivity contribution in [2.24, 2.45) is 0 Å². The first-order valence-corrected chi connectivity index (χ1v) is 10.7. The zero-order valence-electron chi connectivity index (χ0n) is 16.5. The minimum absolute atomic E-state index is 0.0170. The summed E-state index contributed by atoms with van der Waals surface area (Å²) < 4.78 is 2.19. The third-order valence-electron chi connectivity index (χ3n) is 6.08. The minimum atomic E-state index is 0.0170. The second-order valence-electron chi connectivity index (χ2n) is 7.97. The van der Waals surface area contributed by atoms with Crippen LogP contribution in [0.1, 0.15) is 54.7 Å². The monoisotopic (exact) mass is 403 g/mol. The quantitative estimate of drug-likeness (QED) is 0.650. The molecule has 2 fully saturated rings. The summed E-state index contributed by atoms with van der Waals surface area (Å²) in [4.78, 5) is 11.8. The van der Waals surface area contributed by atoms with Crippen molar-refractivity contribution in [3.8, 4) is 5.82 Å². The van der Waals surface area contributed by atoms with Gasteiger partial charge in [0.15, 0.2) is 5.11 Å². The Balaban J connectivity index is 1.61. The van der Waals surface area contributed by atoms with Gasteiger partial charge >= 0.3 is 0 Å². The molecule has 1 saturated heterocycles. The van der Waals surface area contributed by atoms with Crippen molar-refractivity contribution in [1.82, 2.24) is 24.8 Å². The fourth-order valence-electron chi connectivity index (χ4n) is 4.70. The smallest absolute Gasteiger partial charge is 0.170 e. The number of pyridine rings is 2. The molecule has 0 aromatic carbocycles. The summed E-state index contributed by atoms with van der Waals surface area (Å²) in [5.74, 6) is 0.930. The van der Waals surface area contributed by atoms with Crippen molar-refractivity contribution in [2.75, 3.05) is 0 Å². The third-order valence-corrected chi connectivity index (χ3v) is 6.41. The molecule has 1 saturated carbocycles. The van der Waals surface area contributed by atoms with Crippen molar-refractivity contribution in [1.29, 1.82) is 0 Å². The van der Waals surface area contributed by atoms with Crippen LogP contribution in [0.15, 0.2) is 61.1 Å². The van der Waals surface area contributed by atoms with Crippen LogP contribution in [0, 0.1) is 6.92 Å². The molecule has 4 heterocycles. The van der Waals surface area contributed by atoms with Crippen LogP contribution in [0.3, 0.4) is 0 Å². The Morgan fingerprint density at radius 2 is 1.90 bits per heavy atom. The van der Waals surface area contributed by atoms with Gasteiger partial charge in [0.1, 0.15) is 5.82 Å². The number of aryl methyl sites for hydroxylation is 1. The van der Waals surface area contributed by atoms with Crippen LogP contribution in [0.4, 0.5) is 0 Å². The highest BCUT2D eigenvalue weighted by Crippen LogP contribution is 2.43. The van der Waals surface area contributed by atoms with E-state index in [4.69, 9.17) is 12.2 Å². The van der Waals surface area contributed by atoms with Gasteiger partial charge in [-0.15, -0.1) is 0 Å². The van der Waals surface area contributed by atoms with E-state index in [0.29, 0.717) is 6.04 Å². The first-order valence-electron chi connectivity index (χ1n) is 10.3. The van der Waals surface area contributed by atoms with Crippen LogP contribution in [0.25, 0.3) is 5.82 Å². The van der Waals surface area contributed by atoms with E-state index in [1.165, 1.54) is 31.4 Å². The lowest BCUT2D eigenvalue weighted by atomic mass is 9.99. The molecule has 5 rings (SSSR count). The molecule has 1 aliphatic carbocycles. The average Bonchev–Trinajstić information content (AvgIpc) is 3.48. The molecule has 5 nitrogen and oxygen atoms in total. The van der Waals surface area contributed by atoms with Crippen molar-refractivity contribution in [3.05, 3.63) is 78.0 Å². The molecule has 3 aromatic rings. The number of thiocarbonyl (C=S) groups is 1. The Labute approximate surface area is 176 Å². The summed E-state index contributed by atoms with van der Waals surface area (Å²) in [5.41, 5.74) is 3.37. The summed E-state index contributed by atoms with van der Waals surface area (Å²) in [6.07, 6.45) is 10.8. The van der Waals surface area contributed by atoms with Crippen LogP contribution >= 0.6 is 12.2 Å². The van der Waals surface area contributed by atoms with Crippen LogP contribution in [-0.4, -0.2) is 30.6 Å². The van der Waals surface area contributed by atoms with E-state index in [9.17, 15) is 0 Å². The van der Waals surface area contributed by atoms with E-state index in [-0.39, 0.29) is 12.1 Å². The summed E-state index contributed by atoms with van der Waals surface area (Å²) >= 11 is 5.84. The molecule has 0 amide bonds. The lowest BCUT2D eigenvalue weighted by Gasteiger charge is -2.33. The van der Waals surface area contributed by atoms with E-state index >= 15 is 0 Å². The van der Waals surface area contributed by atoms with Crippen LogP contribution in [0.5, 0.6) is 0 Å². The van der Waals surface area contributed by atoms with Crippen LogP contribution in [0.2, 0.25) is 0 Å². The standard InChI is InChI=1S/C23H25N5S/c1-16-11-12-20(25-15-16)27-14-6-10-19(27)22-21(18-9-4-5-13-24-18)26-23(29)28(22)17-7-2-3-8-17/h4-6,9-15,17,21-22H,2-3,7-8H2,1H3,(H,26,29)/t21-,22+/m0/s1. The maximum absolute atomic E-state index is 5.84. The Hall–Kier alpha value is -2.73. The number of nitrogens with one attached hydrogen (secondary N) is 1. The molecule has 1 aliphatic heterocycles. The second-order valence-corrected chi connectivity index (χ2v) is 8.36. The van der Waals surface area contributed by atoms with Crippen molar-refractivity contribution >= 4 is 17.3 Å². The van der Waals surface area contributed by atoms with Gasteiger partial charge in [0.05, 0.1) is 17.8 Å². The van der Waals surface area contributed by atoms with Gasteiger partial charge in [-0.05, 0) is 67.9 Å². The van der Waals surface area contributed by atoms with Gasteiger partial charge in [-0.2, -0.15) is 0 Å². The predicted octanol–water partition coefficient (Wildman–Crippen LogP) is 4.49. The molecule has 0 bridgehead atoms. The van der Waals surface area contributed by atoms with Gasteiger partial charge in [-0.25, -0.2) is 4.98 Å². The highest BCUT2D eigenvalue weighted by molar-refractivity contribution is 7.80. The number of aromatic nitrogens is 3. The maximum Gasteiger partial charge on any atom is 0.170 e. The lowest BCUT2D eigenvalue weighted by molar-refractivity contribution is 0.239. The van der Waals surface area contributed by atoms with E-state index in [0.717, 1.165) is 22.2 Å². The molecule has 2 atom stereocenters. The van der Waals surface area contributed by atoms with Crippen molar-refractivity contribution < 1.29 is 0 Å². The molecule has 0 unspecified atom stereocenters. The molecular weight excluding hydrogens is 378 g/mol. The fourth-order valence-corrected chi connectivity index (χ4v) is 5.09.